The Morgan fingerprint density at radius 2 is 1.85 bits per heavy atom. The fraction of sp³-hybridized carbons (Fsp3) is 0.182. The lowest BCUT2D eigenvalue weighted by Gasteiger charge is -2.20. The number of ether oxygens (including phenoxy) is 2. The zero-order valence-electron chi connectivity index (χ0n) is 17.5. The maximum atomic E-state index is 12.9. The first-order valence-corrected chi connectivity index (χ1v) is 11.0. The van der Waals surface area contributed by atoms with Crippen molar-refractivity contribution in [1.29, 1.82) is 5.41 Å². The molecule has 0 spiro atoms. The highest BCUT2D eigenvalue weighted by Gasteiger charge is 2.46. The van der Waals surface area contributed by atoms with Gasteiger partial charge in [-0.2, -0.15) is 28.3 Å². The summed E-state index contributed by atoms with van der Waals surface area (Å²) in [4.78, 5) is 16.0. The van der Waals surface area contributed by atoms with Gasteiger partial charge in [-0.25, -0.2) is 0 Å². The first-order valence-electron chi connectivity index (χ1n) is 9.81. The van der Waals surface area contributed by atoms with E-state index >= 15 is 0 Å². The zero-order valence-corrected chi connectivity index (χ0v) is 19.1. The molecule has 0 bridgehead atoms. The van der Waals surface area contributed by atoms with Crippen LogP contribution in [0, 0.1) is 12.3 Å². The van der Waals surface area contributed by atoms with Crippen LogP contribution in [0.3, 0.4) is 0 Å². The number of aryl methyl sites for hydroxylation is 1. The molecular formula is C22H16ClF3N4O3S. The van der Waals surface area contributed by atoms with E-state index in [0.29, 0.717) is 27.1 Å². The predicted molar refractivity (Wildman–Crippen MR) is 125 cm³/mol. The van der Waals surface area contributed by atoms with Crippen LogP contribution < -0.4 is 9.47 Å². The van der Waals surface area contributed by atoms with Crippen LogP contribution in [0.5, 0.6) is 11.5 Å². The number of carbonyl (C=O) groups is 1. The molecule has 2 aliphatic rings. The van der Waals surface area contributed by atoms with Crippen molar-refractivity contribution in [3.05, 3.63) is 64.2 Å². The van der Waals surface area contributed by atoms with Gasteiger partial charge in [0, 0.05) is 5.02 Å². The van der Waals surface area contributed by atoms with Crippen molar-refractivity contribution in [2.45, 2.75) is 13.1 Å². The van der Waals surface area contributed by atoms with E-state index in [4.69, 9.17) is 26.5 Å². The van der Waals surface area contributed by atoms with Gasteiger partial charge in [-0.15, -0.1) is 0 Å². The van der Waals surface area contributed by atoms with Gasteiger partial charge in [-0.1, -0.05) is 23.7 Å². The van der Waals surface area contributed by atoms with Crippen LogP contribution in [-0.4, -0.2) is 46.4 Å². The lowest BCUT2D eigenvalue weighted by atomic mass is 10.1. The standard InChI is InChI=1S/C22H16ClF3N4O3S/c1-12-9-15(5-6-17(12)23)33-8-7-32-14-4-2-3-13(10-14)11-16-18(27)30-21(28-19(16)31)34-20(29-30)22(24,25)26/h2-6,9-11,27H,7-8H2,1H3. The summed E-state index contributed by atoms with van der Waals surface area (Å²) in [5.41, 5.74) is 1.22. The average molecular weight is 509 g/mol. The van der Waals surface area contributed by atoms with Crippen LogP contribution in [0.4, 0.5) is 13.2 Å². The van der Waals surface area contributed by atoms with Crippen LogP contribution in [0.2, 0.25) is 5.02 Å². The summed E-state index contributed by atoms with van der Waals surface area (Å²) >= 11 is 6.20. The summed E-state index contributed by atoms with van der Waals surface area (Å²) in [6, 6.07) is 12.0. The summed E-state index contributed by atoms with van der Waals surface area (Å²) in [5, 5.41) is 11.4. The van der Waals surface area contributed by atoms with Crippen LogP contribution in [0.15, 0.2) is 58.1 Å². The lowest BCUT2D eigenvalue weighted by Crippen LogP contribution is -2.35. The van der Waals surface area contributed by atoms with E-state index in [1.165, 1.54) is 6.08 Å². The quantitative estimate of drug-likeness (QED) is 0.423. The van der Waals surface area contributed by atoms with Crippen molar-refractivity contribution in [3.8, 4) is 11.5 Å². The highest BCUT2D eigenvalue weighted by atomic mass is 35.5. The van der Waals surface area contributed by atoms with Crippen molar-refractivity contribution in [1.82, 2.24) is 5.01 Å². The summed E-state index contributed by atoms with van der Waals surface area (Å²) < 4.78 is 50.1. The predicted octanol–water partition coefficient (Wildman–Crippen LogP) is 5.29. The third-order valence-electron chi connectivity index (χ3n) is 4.62. The van der Waals surface area contributed by atoms with E-state index in [-0.39, 0.29) is 35.7 Å². The fourth-order valence-corrected chi connectivity index (χ4v) is 3.87. The number of aliphatic imine (C=N–C) groups is 1. The summed E-state index contributed by atoms with van der Waals surface area (Å²) in [7, 11) is 0. The number of amidine groups is 2. The molecule has 0 aliphatic carbocycles. The molecule has 0 radical (unpaired) electrons. The Balaban J connectivity index is 1.42. The van der Waals surface area contributed by atoms with Crippen LogP contribution in [0.1, 0.15) is 11.1 Å². The lowest BCUT2D eigenvalue weighted by molar-refractivity contribution is -0.114. The number of thioether (sulfide) groups is 1. The van der Waals surface area contributed by atoms with Gasteiger partial charge in [0.25, 0.3) is 5.91 Å². The monoisotopic (exact) mass is 508 g/mol. The molecule has 34 heavy (non-hydrogen) atoms. The molecule has 0 aromatic heterocycles. The molecule has 1 amide bonds. The van der Waals surface area contributed by atoms with Crippen molar-refractivity contribution in [3.63, 3.8) is 0 Å². The minimum Gasteiger partial charge on any atom is -0.490 e. The molecule has 2 aromatic rings. The number of nitrogens with one attached hydrogen (secondary N) is 1. The molecule has 7 nitrogen and oxygen atoms in total. The maximum Gasteiger partial charge on any atom is 0.441 e. The topological polar surface area (TPSA) is 87.3 Å². The number of halogens is 4. The molecule has 2 heterocycles. The fourth-order valence-electron chi connectivity index (χ4n) is 2.99. The Hall–Kier alpha value is -3.31. The van der Waals surface area contributed by atoms with Gasteiger partial charge in [0.1, 0.15) is 24.7 Å². The molecule has 176 valence electrons. The minimum atomic E-state index is -4.69. The third-order valence-corrected chi connectivity index (χ3v) is 5.99. The number of hydrogen-bond donors (Lipinski definition) is 1. The second kappa shape index (κ2) is 9.51. The highest BCUT2D eigenvalue weighted by Crippen LogP contribution is 2.35. The molecule has 0 unspecified atom stereocenters. The molecule has 0 saturated heterocycles. The number of hydrogen-bond acceptors (Lipinski definition) is 6. The molecule has 12 heteroatoms. The van der Waals surface area contributed by atoms with Crippen molar-refractivity contribution in [2.75, 3.05) is 13.2 Å². The number of alkyl halides is 3. The molecule has 0 fully saturated rings. The minimum absolute atomic E-state index is 0.185. The van der Waals surface area contributed by atoms with Crippen LogP contribution >= 0.6 is 23.4 Å². The van der Waals surface area contributed by atoms with Gasteiger partial charge in [0.2, 0.25) is 10.2 Å². The van der Waals surface area contributed by atoms with Gasteiger partial charge in [0.15, 0.2) is 5.84 Å². The summed E-state index contributed by atoms with van der Waals surface area (Å²) in [6.07, 6.45) is -3.34. The van der Waals surface area contributed by atoms with Gasteiger partial charge in [0.05, 0.1) is 5.57 Å². The van der Waals surface area contributed by atoms with Gasteiger partial charge in [-0.3, -0.25) is 10.2 Å². The van der Waals surface area contributed by atoms with E-state index in [9.17, 15) is 18.0 Å². The molecular weight excluding hydrogens is 493 g/mol. The molecule has 0 saturated carbocycles. The van der Waals surface area contributed by atoms with Crippen LogP contribution in [-0.2, 0) is 4.79 Å². The van der Waals surface area contributed by atoms with Crippen LogP contribution in [0.25, 0.3) is 6.08 Å². The Bertz CT molecular complexity index is 1260. The largest absolute Gasteiger partial charge is 0.490 e. The first-order chi connectivity index (χ1) is 16.1. The number of amides is 1. The molecule has 2 aromatic carbocycles. The van der Waals surface area contributed by atoms with E-state index in [2.05, 4.69) is 10.1 Å². The smallest absolute Gasteiger partial charge is 0.441 e. The Morgan fingerprint density at radius 3 is 2.53 bits per heavy atom. The Morgan fingerprint density at radius 1 is 1.15 bits per heavy atom. The number of carbonyl (C=O) groups excluding carboxylic acids is 1. The molecule has 4 rings (SSSR count). The van der Waals surface area contributed by atoms with Crippen molar-refractivity contribution in [2.24, 2.45) is 10.1 Å². The van der Waals surface area contributed by atoms with E-state index < -0.39 is 23.0 Å². The van der Waals surface area contributed by atoms with Gasteiger partial charge >= 0.3 is 6.18 Å². The zero-order chi connectivity index (χ0) is 24.5. The number of nitrogens with zero attached hydrogens (tertiary/aromatic N) is 3. The maximum absolute atomic E-state index is 12.9. The molecule has 2 aliphatic heterocycles. The third kappa shape index (κ3) is 5.26. The Kier molecular flexibility index (Phi) is 6.67. The normalized spacial score (nSPS) is 17.0. The summed E-state index contributed by atoms with van der Waals surface area (Å²) in [5.74, 6) is -0.159. The van der Waals surface area contributed by atoms with E-state index in [0.717, 1.165) is 5.56 Å². The highest BCUT2D eigenvalue weighted by molar-refractivity contribution is 8.27. The SMILES string of the molecule is Cc1cc(OCCOc2cccc(C=C3C(=N)N4N=C(C(F)(F)F)SC4=NC3=O)c2)ccc1Cl. The Labute approximate surface area is 201 Å². The van der Waals surface area contributed by atoms with E-state index in [1.54, 1.807) is 36.4 Å². The van der Waals surface area contributed by atoms with Crippen molar-refractivity contribution >= 4 is 51.4 Å². The van der Waals surface area contributed by atoms with Gasteiger partial charge in [-0.05, 0) is 66.2 Å². The molecule has 1 N–H and O–H groups in total. The van der Waals surface area contributed by atoms with Crippen molar-refractivity contribution < 1.29 is 27.4 Å². The van der Waals surface area contributed by atoms with E-state index in [1.807, 2.05) is 13.0 Å². The number of benzene rings is 2. The second-order valence-corrected chi connectivity index (χ2v) is 8.47. The second-order valence-electron chi connectivity index (χ2n) is 7.10. The average Bonchev–Trinajstić information content (AvgIpc) is 3.22. The number of hydrazone groups is 1. The number of fused-ring (bicyclic) bond motifs is 1. The first kappa shape index (κ1) is 23.8. The summed E-state index contributed by atoms with van der Waals surface area (Å²) in [6.45, 7) is 2.39. The van der Waals surface area contributed by atoms with Gasteiger partial charge < -0.3 is 9.47 Å². The number of rotatable bonds is 6. The molecule has 0 atom stereocenters.